The zero-order valence-corrected chi connectivity index (χ0v) is 29.6. The van der Waals surface area contributed by atoms with Gasteiger partial charge in [0.1, 0.15) is 5.75 Å². The van der Waals surface area contributed by atoms with Gasteiger partial charge < -0.3 is 30.2 Å². The number of aromatic nitrogens is 4. The summed E-state index contributed by atoms with van der Waals surface area (Å²) in [6, 6.07) is 30.3. The fourth-order valence-corrected chi connectivity index (χ4v) is 7.08. The lowest BCUT2D eigenvalue weighted by Gasteiger charge is -2.28. The first-order valence-electron chi connectivity index (χ1n) is 17.7. The molecule has 6 aromatic rings. The lowest BCUT2D eigenvalue weighted by Crippen LogP contribution is -2.44. The van der Waals surface area contributed by atoms with Crippen molar-refractivity contribution in [1.82, 2.24) is 20.0 Å². The first-order valence-corrected chi connectivity index (χ1v) is 17.7. The Morgan fingerprint density at radius 3 is 2.66 bits per heavy atom. The molecule has 1 aliphatic heterocycles. The Bertz CT molecular complexity index is 2260. The molecule has 1 unspecified atom stereocenters. The number of benzene rings is 4. The second-order valence-electron chi connectivity index (χ2n) is 13.4. The molecular formula is C42H42N6O5. The van der Waals surface area contributed by atoms with Crippen LogP contribution in [0.4, 0.5) is 11.4 Å². The molecule has 0 aliphatic carbocycles. The topological polar surface area (TPSA) is 146 Å². The summed E-state index contributed by atoms with van der Waals surface area (Å²) < 4.78 is 7.21. The molecule has 0 spiro atoms. The number of aromatic amines is 1. The van der Waals surface area contributed by atoms with Gasteiger partial charge in [0, 0.05) is 47.0 Å². The zero-order chi connectivity index (χ0) is 37.0. The molecule has 1 aliphatic rings. The maximum Gasteiger partial charge on any atom is 0.264 e. The number of hydrogen-bond donors (Lipinski definition) is 4. The van der Waals surface area contributed by atoms with Crippen LogP contribution in [0, 0.1) is 5.92 Å². The Morgan fingerprint density at radius 1 is 1.04 bits per heavy atom. The second kappa shape index (κ2) is 15.3. The minimum Gasteiger partial charge on any atom is -0.497 e. The number of aliphatic hydroxyl groups is 2. The summed E-state index contributed by atoms with van der Waals surface area (Å²) in [5.41, 5.74) is 4.18. The summed E-state index contributed by atoms with van der Waals surface area (Å²) in [5, 5.41) is 34.8. The van der Waals surface area contributed by atoms with E-state index >= 15 is 0 Å². The van der Waals surface area contributed by atoms with Crippen molar-refractivity contribution in [3.05, 3.63) is 150 Å². The van der Waals surface area contributed by atoms with Crippen molar-refractivity contribution in [2.45, 2.75) is 44.4 Å². The lowest BCUT2D eigenvalue weighted by molar-refractivity contribution is -0.139. The molecule has 2 aromatic heterocycles. The number of amides is 2. The molecular weight excluding hydrogens is 668 g/mol. The van der Waals surface area contributed by atoms with Crippen molar-refractivity contribution in [3.63, 3.8) is 0 Å². The van der Waals surface area contributed by atoms with Crippen molar-refractivity contribution in [1.29, 1.82) is 0 Å². The average Bonchev–Trinajstić information content (AvgIpc) is 3.87. The number of methoxy groups -OCH3 is 1. The van der Waals surface area contributed by atoms with Crippen LogP contribution < -0.4 is 15.0 Å². The first-order chi connectivity index (χ1) is 25.8. The summed E-state index contributed by atoms with van der Waals surface area (Å²) in [5.74, 6) is -0.901. The van der Waals surface area contributed by atoms with Crippen LogP contribution in [-0.2, 0) is 34.7 Å². The molecule has 0 saturated carbocycles. The molecule has 7 rings (SSSR count). The van der Waals surface area contributed by atoms with Gasteiger partial charge in [-0.1, -0.05) is 85.0 Å². The summed E-state index contributed by atoms with van der Waals surface area (Å²) in [7, 11) is 1.55. The van der Waals surface area contributed by atoms with Gasteiger partial charge in [-0.2, -0.15) is 0 Å². The van der Waals surface area contributed by atoms with Crippen LogP contribution in [0.15, 0.2) is 122 Å². The van der Waals surface area contributed by atoms with Crippen molar-refractivity contribution in [2.24, 2.45) is 5.92 Å². The second-order valence-corrected chi connectivity index (χ2v) is 13.4. The summed E-state index contributed by atoms with van der Waals surface area (Å²) in [6.07, 6.45) is 8.28. The Labute approximate surface area is 307 Å². The van der Waals surface area contributed by atoms with Crippen LogP contribution in [0.2, 0.25) is 0 Å². The maximum atomic E-state index is 14.2. The number of rotatable bonds is 14. The summed E-state index contributed by atoms with van der Waals surface area (Å²) >= 11 is 0. The Kier molecular flexibility index (Phi) is 10.2. The Hall–Kier alpha value is -6.04. The highest BCUT2D eigenvalue weighted by Crippen LogP contribution is 2.47. The number of allylic oxidation sites excluding steroid dienone is 1. The van der Waals surface area contributed by atoms with Gasteiger partial charge in [-0.3, -0.25) is 14.3 Å². The molecule has 270 valence electrons. The predicted octanol–water partition coefficient (Wildman–Crippen LogP) is 6.09. The van der Waals surface area contributed by atoms with E-state index in [9.17, 15) is 19.8 Å². The van der Waals surface area contributed by atoms with E-state index in [2.05, 4.69) is 20.6 Å². The molecule has 0 radical (unpaired) electrons. The van der Waals surface area contributed by atoms with Gasteiger partial charge in [-0.15, -0.1) is 5.10 Å². The number of nitrogens with one attached hydrogen (secondary N) is 2. The predicted molar refractivity (Wildman–Crippen MR) is 203 cm³/mol. The number of fused-ring (bicyclic) bond motifs is 2. The number of carbonyl (C=O) groups excluding carboxylic acids is 2. The number of anilines is 2. The van der Waals surface area contributed by atoms with E-state index in [4.69, 9.17) is 4.74 Å². The lowest BCUT2D eigenvalue weighted by atomic mass is 9.83. The van der Waals surface area contributed by atoms with Gasteiger partial charge in [-0.25, -0.2) is 0 Å². The highest BCUT2D eigenvalue weighted by molar-refractivity contribution is 6.07. The van der Waals surface area contributed by atoms with Crippen LogP contribution in [0.1, 0.15) is 47.2 Å². The molecule has 53 heavy (non-hydrogen) atoms. The quantitative estimate of drug-likeness (QED) is 0.100. The van der Waals surface area contributed by atoms with Gasteiger partial charge in [0.15, 0.2) is 5.60 Å². The molecule has 0 fully saturated rings. The van der Waals surface area contributed by atoms with Crippen LogP contribution >= 0.6 is 0 Å². The van der Waals surface area contributed by atoms with E-state index in [1.54, 1.807) is 34.9 Å². The molecule has 3 atom stereocenters. The SMILES string of the molecule is COc1ccc2c(c1)[C@@](O)([C@H](C)/C=C/CCn1cc(C(CO)c3ccccc3)nn1)C(=O)N2Cc1cccc(NC(=O)Cc2c[nH]c3ccccc23)c1. The highest BCUT2D eigenvalue weighted by Gasteiger charge is 2.52. The minimum absolute atomic E-state index is 0.0789. The van der Waals surface area contributed by atoms with E-state index in [0.29, 0.717) is 41.3 Å². The smallest absolute Gasteiger partial charge is 0.264 e. The largest absolute Gasteiger partial charge is 0.497 e. The maximum absolute atomic E-state index is 14.2. The Morgan fingerprint density at radius 2 is 1.85 bits per heavy atom. The molecule has 11 nitrogen and oxygen atoms in total. The summed E-state index contributed by atoms with van der Waals surface area (Å²) in [6.45, 7) is 2.46. The number of aryl methyl sites for hydroxylation is 1. The van der Waals surface area contributed by atoms with Gasteiger partial charge >= 0.3 is 0 Å². The van der Waals surface area contributed by atoms with E-state index in [-0.39, 0.29) is 31.4 Å². The number of para-hydroxylation sites is 1. The van der Waals surface area contributed by atoms with E-state index < -0.39 is 17.4 Å². The third-order valence-corrected chi connectivity index (χ3v) is 9.96. The number of aliphatic hydroxyl groups excluding tert-OH is 1. The van der Waals surface area contributed by atoms with Crippen LogP contribution in [-0.4, -0.2) is 55.7 Å². The molecule has 2 amide bonds. The van der Waals surface area contributed by atoms with Crippen LogP contribution in [0.5, 0.6) is 5.75 Å². The Balaban J connectivity index is 1.03. The van der Waals surface area contributed by atoms with Crippen molar-refractivity contribution in [3.8, 4) is 5.75 Å². The number of hydrogen-bond acceptors (Lipinski definition) is 7. The number of H-pyrrole nitrogens is 1. The summed E-state index contributed by atoms with van der Waals surface area (Å²) in [4.78, 5) is 32.1. The van der Waals surface area contributed by atoms with E-state index in [0.717, 1.165) is 27.6 Å². The molecule has 11 heteroatoms. The van der Waals surface area contributed by atoms with Gasteiger partial charge in [0.2, 0.25) is 5.91 Å². The van der Waals surface area contributed by atoms with E-state index in [1.165, 1.54) is 0 Å². The van der Waals surface area contributed by atoms with Gasteiger partial charge in [0.05, 0.1) is 44.0 Å². The zero-order valence-electron chi connectivity index (χ0n) is 29.6. The molecule has 3 heterocycles. The first kappa shape index (κ1) is 35.4. The van der Waals surface area contributed by atoms with Crippen molar-refractivity contribution < 1.29 is 24.5 Å². The van der Waals surface area contributed by atoms with Gasteiger partial charge in [-0.05, 0) is 59.5 Å². The van der Waals surface area contributed by atoms with Crippen LogP contribution in [0.3, 0.4) is 0 Å². The average molecular weight is 711 g/mol. The molecule has 4 aromatic carbocycles. The fraction of sp³-hybridized carbons (Fsp3) is 0.238. The number of nitrogens with zero attached hydrogens (tertiary/aromatic N) is 4. The third kappa shape index (κ3) is 7.21. The van der Waals surface area contributed by atoms with Gasteiger partial charge in [0.25, 0.3) is 5.91 Å². The normalized spacial score (nSPS) is 16.6. The van der Waals surface area contributed by atoms with E-state index in [1.807, 2.05) is 110 Å². The fourth-order valence-electron chi connectivity index (χ4n) is 7.08. The number of ether oxygens (including phenoxy) is 1. The van der Waals surface area contributed by atoms with Crippen LogP contribution in [0.25, 0.3) is 10.9 Å². The standard InChI is InChI=1S/C42H42N6O5/c1-28(11-8-9-20-47-26-38(45-46-47)35(27-49)30-13-4-3-5-14-30)42(52)36-23-33(53-2)18-19-39(36)48(41(42)51)25-29-12-10-15-32(21-29)44-40(50)22-31-24-43-37-17-7-6-16-34(31)37/h3-8,10-19,21,23-24,26,28,35,43,49,52H,9,20,22,25,27H2,1-2H3,(H,44,50)/b11-8+/t28-,35?,42+/m1/s1. The molecule has 0 saturated heterocycles. The third-order valence-electron chi connectivity index (χ3n) is 9.96. The highest BCUT2D eigenvalue weighted by atomic mass is 16.5. The minimum atomic E-state index is -1.84. The molecule has 0 bridgehead atoms. The monoisotopic (exact) mass is 710 g/mol. The number of carbonyl (C=O) groups is 2. The molecule has 4 N–H and O–H groups in total. The van der Waals surface area contributed by atoms with Crippen molar-refractivity contribution in [2.75, 3.05) is 23.9 Å². The van der Waals surface area contributed by atoms with Crippen molar-refractivity contribution >= 4 is 34.1 Å².